The molecule has 1 amide bonds. The van der Waals surface area contributed by atoms with Gasteiger partial charge in [-0.2, -0.15) is 9.97 Å². The Balaban J connectivity index is 2.62. The number of rotatable bonds is 7. The molecule has 0 aliphatic carbocycles. The van der Waals surface area contributed by atoms with Gasteiger partial charge in [0.15, 0.2) is 0 Å². The Morgan fingerprint density at radius 2 is 2.00 bits per heavy atom. The van der Waals surface area contributed by atoms with Crippen molar-refractivity contribution in [2.45, 2.75) is 0 Å². The van der Waals surface area contributed by atoms with Gasteiger partial charge in [0, 0.05) is 5.75 Å². The molecule has 0 radical (unpaired) electrons. The van der Waals surface area contributed by atoms with E-state index in [9.17, 15) is 4.79 Å². The van der Waals surface area contributed by atoms with Crippen LogP contribution in [0.15, 0.2) is 6.07 Å². The molecule has 0 fully saturated rings. The maximum absolute atomic E-state index is 11.5. The lowest BCUT2D eigenvalue weighted by molar-refractivity contribution is -0.113. The van der Waals surface area contributed by atoms with Gasteiger partial charge >= 0.3 is 0 Å². The number of hydrogen-bond donors (Lipinski definition) is 2. The van der Waals surface area contributed by atoms with Crippen LogP contribution in [0.5, 0.6) is 11.8 Å². The van der Waals surface area contributed by atoms with Crippen molar-refractivity contribution in [3.8, 4) is 11.8 Å². The van der Waals surface area contributed by atoms with Crippen LogP contribution in [0, 0.1) is 0 Å². The monoisotopic (exact) mass is 273 g/mol. The molecule has 1 rings (SSSR count). The average molecular weight is 273 g/mol. The van der Waals surface area contributed by atoms with Crippen LogP contribution in [0.1, 0.15) is 0 Å². The third kappa shape index (κ3) is 4.76. The molecule has 0 aliphatic heterocycles. The van der Waals surface area contributed by atoms with Crippen molar-refractivity contribution in [3.63, 3.8) is 0 Å². The second-order valence-corrected chi connectivity index (χ2v) is 4.21. The Morgan fingerprint density at radius 3 is 2.50 bits per heavy atom. The Labute approximate surface area is 109 Å². The second kappa shape index (κ2) is 7.72. The van der Waals surface area contributed by atoms with E-state index in [-0.39, 0.29) is 24.2 Å². The number of aliphatic hydroxyl groups excluding tert-OH is 1. The molecule has 0 atom stereocenters. The predicted molar refractivity (Wildman–Crippen MR) is 68.2 cm³/mol. The van der Waals surface area contributed by atoms with E-state index in [1.165, 1.54) is 32.0 Å². The van der Waals surface area contributed by atoms with Crippen LogP contribution in [0.2, 0.25) is 0 Å². The number of carbonyl (C=O) groups is 1. The molecular formula is C10H15N3O4S. The van der Waals surface area contributed by atoms with E-state index in [4.69, 9.17) is 14.6 Å². The number of ether oxygens (including phenoxy) is 2. The lowest BCUT2D eigenvalue weighted by Crippen LogP contribution is -2.17. The second-order valence-electron chi connectivity index (χ2n) is 3.10. The van der Waals surface area contributed by atoms with E-state index in [0.29, 0.717) is 17.5 Å². The van der Waals surface area contributed by atoms with Gasteiger partial charge in [-0.25, -0.2) is 0 Å². The highest BCUT2D eigenvalue weighted by Gasteiger charge is 2.08. The molecular weight excluding hydrogens is 258 g/mol. The van der Waals surface area contributed by atoms with E-state index in [1.54, 1.807) is 0 Å². The van der Waals surface area contributed by atoms with Crippen LogP contribution in [0.4, 0.5) is 5.95 Å². The zero-order chi connectivity index (χ0) is 13.4. The molecule has 0 saturated carbocycles. The van der Waals surface area contributed by atoms with Gasteiger partial charge in [-0.05, 0) is 0 Å². The molecule has 7 nitrogen and oxygen atoms in total. The predicted octanol–water partition coefficient (Wildman–Crippen LogP) is 0.158. The summed E-state index contributed by atoms with van der Waals surface area (Å²) in [5.74, 6) is 1.23. The molecule has 0 unspecified atom stereocenters. The number of hydrogen-bond acceptors (Lipinski definition) is 7. The molecule has 1 aromatic heterocycles. The quantitative estimate of drug-likeness (QED) is 0.683. The fraction of sp³-hybridized carbons (Fsp3) is 0.500. The van der Waals surface area contributed by atoms with Crippen molar-refractivity contribution >= 4 is 23.6 Å². The first-order valence-electron chi connectivity index (χ1n) is 5.15. The van der Waals surface area contributed by atoms with Crippen molar-refractivity contribution in [1.82, 2.24) is 9.97 Å². The SMILES string of the molecule is COc1cc(OC)nc(NC(=O)CSCCO)n1. The Hall–Kier alpha value is -1.54. The van der Waals surface area contributed by atoms with Crippen LogP contribution in [-0.2, 0) is 4.79 Å². The summed E-state index contributed by atoms with van der Waals surface area (Å²) in [6.07, 6.45) is 0. The van der Waals surface area contributed by atoms with Crippen molar-refractivity contribution in [2.24, 2.45) is 0 Å². The van der Waals surface area contributed by atoms with Crippen molar-refractivity contribution in [3.05, 3.63) is 6.07 Å². The molecule has 0 aromatic carbocycles. The van der Waals surface area contributed by atoms with Gasteiger partial charge < -0.3 is 14.6 Å². The van der Waals surface area contributed by atoms with E-state index in [1.807, 2.05) is 0 Å². The van der Waals surface area contributed by atoms with Gasteiger partial charge in [-0.3, -0.25) is 10.1 Å². The summed E-state index contributed by atoms with van der Waals surface area (Å²) in [7, 11) is 2.93. The molecule has 0 spiro atoms. The maximum Gasteiger partial charge on any atom is 0.236 e. The number of thioether (sulfide) groups is 1. The first-order chi connectivity index (χ1) is 8.69. The molecule has 18 heavy (non-hydrogen) atoms. The molecule has 1 aromatic rings. The molecule has 0 aliphatic rings. The average Bonchev–Trinajstić information content (AvgIpc) is 2.38. The summed E-state index contributed by atoms with van der Waals surface area (Å²) in [4.78, 5) is 19.4. The molecule has 2 N–H and O–H groups in total. The lowest BCUT2D eigenvalue weighted by Gasteiger charge is -2.07. The molecule has 8 heteroatoms. The zero-order valence-corrected chi connectivity index (χ0v) is 11.0. The largest absolute Gasteiger partial charge is 0.481 e. The summed E-state index contributed by atoms with van der Waals surface area (Å²) in [5, 5.41) is 11.1. The number of carbonyl (C=O) groups excluding carboxylic acids is 1. The van der Waals surface area contributed by atoms with Crippen LogP contribution in [0.25, 0.3) is 0 Å². The number of amides is 1. The summed E-state index contributed by atoms with van der Waals surface area (Å²) in [6, 6.07) is 1.51. The van der Waals surface area contributed by atoms with Crippen LogP contribution in [0.3, 0.4) is 0 Å². The fourth-order valence-corrected chi connectivity index (χ4v) is 1.59. The highest BCUT2D eigenvalue weighted by Crippen LogP contribution is 2.17. The van der Waals surface area contributed by atoms with Gasteiger partial charge in [-0.15, -0.1) is 11.8 Å². The minimum absolute atomic E-state index is 0.0431. The third-order valence-corrected chi connectivity index (χ3v) is 2.75. The summed E-state index contributed by atoms with van der Waals surface area (Å²) < 4.78 is 9.91. The number of anilines is 1. The number of methoxy groups -OCH3 is 2. The van der Waals surface area contributed by atoms with Crippen LogP contribution in [-0.4, -0.2) is 53.3 Å². The van der Waals surface area contributed by atoms with Gasteiger partial charge in [0.2, 0.25) is 23.6 Å². The Morgan fingerprint density at radius 1 is 1.39 bits per heavy atom. The number of nitrogens with zero attached hydrogens (tertiary/aromatic N) is 2. The van der Waals surface area contributed by atoms with E-state index >= 15 is 0 Å². The zero-order valence-electron chi connectivity index (χ0n) is 10.2. The Bertz CT molecular complexity index is 380. The van der Waals surface area contributed by atoms with Crippen molar-refractivity contribution in [2.75, 3.05) is 37.6 Å². The van der Waals surface area contributed by atoms with Crippen LogP contribution < -0.4 is 14.8 Å². The first kappa shape index (κ1) is 14.5. The van der Waals surface area contributed by atoms with Crippen molar-refractivity contribution in [1.29, 1.82) is 0 Å². The summed E-state index contributed by atoms with van der Waals surface area (Å²) in [6.45, 7) is 0.0431. The van der Waals surface area contributed by atoms with Gasteiger partial charge in [0.05, 0.1) is 32.6 Å². The minimum Gasteiger partial charge on any atom is -0.481 e. The number of nitrogens with one attached hydrogen (secondary N) is 1. The highest BCUT2D eigenvalue weighted by atomic mass is 32.2. The van der Waals surface area contributed by atoms with E-state index < -0.39 is 0 Å². The maximum atomic E-state index is 11.5. The molecule has 0 bridgehead atoms. The van der Waals surface area contributed by atoms with Gasteiger partial charge in [0.1, 0.15) is 0 Å². The van der Waals surface area contributed by atoms with Crippen LogP contribution >= 0.6 is 11.8 Å². The van der Waals surface area contributed by atoms with Crippen molar-refractivity contribution < 1.29 is 19.4 Å². The summed E-state index contributed by atoms with van der Waals surface area (Å²) in [5.41, 5.74) is 0. The molecule has 0 saturated heterocycles. The summed E-state index contributed by atoms with van der Waals surface area (Å²) >= 11 is 1.32. The smallest absolute Gasteiger partial charge is 0.236 e. The van der Waals surface area contributed by atoms with Gasteiger partial charge in [-0.1, -0.05) is 0 Å². The fourth-order valence-electron chi connectivity index (χ4n) is 1.06. The standard InChI is InChI=1S/C10H15N3O4S/c1-16-8-5-9(17-2)13-10(12-8)11-7(15)6-18-4-3-14/h5,14H,3-4,6H2,1-2H3,(H,11,12,13,15). The Kier molecular flexibility index (Phi) is 6.23. The molecule has 100 valence electrons. The highest BCUT2D eigenvalue weighted by molar-refractivity contribution is 7.99. The van der Waals surface area contributed by atoms with E-state index in [2.05, 4.69) is 15.3 Å². The number of aliphatic hydroxyl groups is 1. The van der Waals surface area contributed by atoms with Gasteiger partial charge in [0.25, 0.3) is 0 Å². The number of aromatic nitrogens is 2. The third-order valence-electron chi connectivity index (χ3n) is 1.82. The normalized spacial score (nSPS) is 9.94. The first-order valence-corrected chi connectivity index (χ1v) is 6.30. The van der Waals surface area contributed by atoms with E-state index in [0.717, 1.165) is 0 Å². The lowest BCUT2D eigenvalue weighted by atomic mass is 10.6. The molecule has 1 heterocycles. The minimum atomic E-state index is -0.247. The topological polar surface area (TPSA) is 93.6 Å².